The van der Waals surface area contributed by atoms with Crippen molar-refractivity contribution in [2.45, 2.75) is 50.8 Å². The molecule has 3 aromatic carbocycles. The Hall–Kier alpha value is -6.61. The number of benzene rings is 3. The van der Waals surface area contributed by atoms with Crippen molar-refractivity contribution in [1.29, 1.82) is 0 Å². The smallest absolute Gasteiger partial charge is 0.330 e. The predicted molar refractivity (Wildman–Crippen MR) is 212 cm³/mol. The number of nitrogens with one attached hydrogen (secondary N) is 1. The van der Waals surface area contributed by atoms with Gasteiger partial charge in [0.05, 0.1) is 46.5 Å². The van der Waals surface area contributed by atoms with Crippen LogP contribution < -0.4 is 11.2 Å². The minimum absolute atomic E-state index is 0.0913. The molecule has 8 aromatic rings. The van der Waals surface area contributed by atoms with Crippen molar-refractivity contribution in [2.24, 2.45) is 0 Å². The van der Waals surface area contributed by atoms with Crippen LogP contribution in [-0.2, 0) is 17.8 Å². The summed E-state index contributed by atoms with van der Waals surface area (Å²) in [5.74, 6) is 0.849. The Labute approximate surface area is 319 Å². The summed E-state index contributed by atoms with van der Waals surface area (Å²) in [5.41, 5.74) is 5.85. The van der Waals surface area contributed by atoms with Gasteiger partial charge in [0, 0.05) is 54.4 Å². The number of unbranched alkanes of at least 4 members (excludes halogenated alkanes) is 1. The first-order valence-corrected chi connectivity index (χ1v) is 18.5. The fraction of sp³-hybridized carbons (Fsp3) is 0.214. The molecule has 0 amide bonds. The van der Waals surface area contributed by atoms with Crippen LogP contribution in [-0.4, -0.2) is 73.1 Å². The summed E-state index contributed by atoms with van der Waals surface area (Å²) >= 11 is 0. The number of ether oxygens (including phenoxy) is 1. The van der Waals surface area contributed by atoms with Crippen LogP contribution >= 0.6 is 0 Å². The summed E-state index contributed by atoms with van der Waals surface area (Å²) in [6, 6.07) is 26.6. The zero-order valence-electron chi connectivity index (χ0n) is 30.1. The molecule has 9 rings (SSSR count). The number of aliphatic hydroxyl groups is 2. The number of aliphatic hydroxyl groups excluding tert-OH is 2. The molecule has 6 heterocycles. The molecule has 3 N–H and O–H groups in total. The van der Waals surface area contributed by atoms with Gasteiger partial charge >= 0.3 is 5.69 Å². The zero-order chi connectivity index (χ0) is 38.2. The van der Waals surface area contributed by atoms with Gasteiger partial charge in [-0.1, -0.05) is 72.0 Å². The number of H-pyrrole nitrogens is 1. The first-order chi connectivity index (χ1) is 27.4. The number of rotatable bonds is 11. The van der Waals surface area contributed by atoms with Crippen LogP contribution in [0.25, 0.3) is 67.6 Å². The molecule has 0 spiro atoms. The zero-order valence-corrected chi connectivity index (χ0v) is 30.1. The molecule has 0 saturated carbocycles. The minimum atomic E-state index is -0.940. The highest BCUT2D eigenvalue weighted by Gasteiger charge is 2.35. The summed E-state index contributed by atoms with van der Waals surface area (Å²) in [6.07, 6.45) is 9.81. The highest BCUT2D eigenvalue weighted by Crippen LogP contribution is 2.36. The Morgan fingerprint density at radius 3 is 2.29 bits per heavy atom. The Morgan fingerprint density at radius 2 is 1.54 bits per heavy atom. The Balaban J connectivity index is 0.993. The van der Waals surface area contributed by atoms with Gasteiger partial charge in [-0.25, -0.2) is 9.78 Å². The lowest BCUT2D eigenvalue weighted by Gasteiger charge is -2.14. The molecular formula is C42H37N9O5. The van der Waals surface area contributed by atoms with E-state index in [1.807, 2.05) is 36.4 Å². The number of nitrogens with zero attached hydrogens (tertiary/aromatic N) is 8. The molecule has 14 heteroatoms. The maximum atomic E-state index is 12.8. The average molecular weight is 748 g/mol. The molecule has 5 aromatic heterocycles. The molecule has 56 heavy (non-hydrogen) atoms. The summed E-state index contributed by atoms with van der Waals surface area (Å²) < 4.78 is 10.8. The van der Waals surface area contributed by atoms with Crippen molar-refractivity contribution in [1.82, 2.24) is 44.1 Å². The standard InChI is InChI=1S/C42H37N9O5/c52-25-34-33(53)22-35(56-34)51-23-31(41(54)46-42(51)55)32-24-49(48-47-32)20-4-5-21-50-39-30-11-7-19-44-37(30)36-29(10-6-18-43-36)38(39)45-40(50)28-16-14-27(15-17-28)13-12-26-8-2-1-3-9-26/h1-3,6-19,23-24,33-35,52-53H,4-5,20-22,25H2,(H,46,54,55)/b13-12+/t33-,34?,35+/m1/s1. The summed E-state index contributed by atoms with van der Waals surface area (Å²) in [4.78, 5) is 42.5. The molecule has 0 bridgehead atoms. The molecule has 1 saturated heterocycles. The first kappa shape index (κ1) is 35.1. The average Bonchev–Trinajstić information content (AvgIpc) is 3.97. The Morgan fingerprint density at radius 1 is 0.821 bits per heavy atom. The van der Waals surface area contributed by atoms with Crippen LogP contribution in [0.1, 0.15) is 36.6 Å². The van der Waals surface area contributed by atoms with E-state index in [4.69, 9.17) is 19.7 Å². The van der Waals surface area contributed by atoms with Crippen LogP contribution in [0.4, 0.5) is 0 Å². The lowest BCUT2D eigenvalue weighted by Crippen LogP contribution is -2.33. The summed E-state index contributed by atoms with van der Waals surface area (Å²) in [7, 11) is 0. The fourth-order valence-corrected chi connectivity index (χ4v) is 7.43. The lowest BCUT2D eigenvalue weighted by molar-refractivity contribution is -0.0458. The number of pyridine rings is 2. The number of aryl methyl sites for hydroxylation is 2. The van der Waals surface area contributed by atoms with Crippen LogP contribution in [0, 0.1) is 0 Å². The third-order valence-electron chi connectivity index (χ3n) is 10.2. The van der Waals surface area contributed by atoms with Gasteiger partial charge in [-0.15, -0.1) is 5.10 Å². The van der Waals surface area contributed by atoms with Gasteiger partial charge in [0.25, 0.3) is 5.56 Å². The highest BCUT2D eigenvalue weighted by atomic mass is 16.5. The Bertz CT molecular complexity index is 2840. The van der Waals surface area contributed by atoms with Crippen molar-refractivity contribution < 1.29 is 14.9 Å². The molecule has 1 fully saturated rings. The monoisotopic (exact) mass is 747 g/mol. The third kappa shape index (κ3) is 6.59. The first-order valence-electron chi connectivity index (χ1n) is 18.5. The summed E-state index contributed by atoms with van der Waals surface area (Å²) in [5, 5.41) is 30.1. The molecule has 1 aliphatic rings. The lowest BCUT2D eigenvalue weighted by atomic mass is 10.1. The predicted octanol–water partition coefficient (Wildman–Crippen LogP) is 5.20. The van der Waals surface area contributed by atoms with Gasteiger partial charge in [0.2, 0.25) is 0 Å². The van der Waals surface area contributed by atoms with E-state index in [0.717, 1.165) is 68.2 Å². The maximum absolute atomic E-state index is 12.8. The summed E-state index contributed by atoms with van der Waals surface area (Å²) in [6.45, 7) is 0.795. The number of fused-ring (bicyclic) bond motifs is 6. The van der Waals surface area contributed by atoms with E-state index in [2.05, 4.69) is 74.5 Å². The number of aromatic amines is 1. The molecule has 1 unspecified atom stereocenters. The van der Waals surface area contributed by atoms with Crippen LogP contribution in [0.3, 0.4) is 0 Å². The van der Waals surface area contributed by atoms with E-state index in [1.54, 1.807) is 23.3 Å². The van der Waals surface area contributed by atoms with E-state index >= 15 is 0 Å². The molecular weight excluding hydrogens is 711 g/mol. The fourth-order valence-electron chi connectivity index (χ4n) is 7.43. The largest absolute Gasteiger partial charge is 0.394 e. The molecule has 14 nitrogen and oxygen atoms in total. The van der Waals surface area contributed by atoms with E-state index in [-0.39, 0.29) is 12.0 Å². The number of aromatic nitrogens is 9. The SMILES string of the molecule is O=c1[nH]c(=O)n([C@@H]2C[C@@H](O)C(CO)O2)cc1-c1cn(CCCCn2c(-c3ccc(/C=C/c4ccccc4)cc3)nc3c4cccnc4c4ncccc4c32)nn1. The van der Waals surface area contributed by atoms with Crippen molar-refractivity contribution in [3.05, 3.63) is 136 Å². The van der Waals surface area contributed by atoms with Crippen LogP contribution in [0.15, 0.2) is 113 Å². The minimum Gasteiger partial charge on any atom is -0.394 e. The van der Waals surface area contributed by atoms with Crippen molar-refractivity contribution >= 4 is 45.0 Å². The third-order valence-corrected chi connectivity index (χ3v) is 10.2. The van der Waals surface area contributed by atoms with Crippen molar-refractivity contribution in [3.8, 4) is 22.6 Å². The number of hydrogen-bond donors (Lipinski definition) is 3. The van der Waals surface area contributed by atoms with Gasteiger partial charge in [0.1, 0.15) is 23.9 Å². The van der Waals surface area contributed by atoms with Gasteiger partial charge in [-0.2, -0.15) is 0 Å². The molecule has 0 radical (unpaired) electrons. The van der Waals surface area contributed by atoms with Crippen LogP contribution in [0.5, 0.6) is 0 Å². The molecule has 1 aliphatic heterocycles. The molecule has 3 atom stereocenters. The Kier molecular flexibility index (Phi) is 9.35. The number of imidazole rings is 1. The van der Waals surface area contributed by atoms with E-state index in [1.165, 1.54) is 10.8 Å². The second-order valence-electron chi connectivity index (χ2n) is 13.8. The van der Waals surface area contributed by atoms with E-state index in [0.29, 0.717) is 18.8 Å². The maximum Gasteiger partial charge on any atom is 0.330 e. The normalized spacial score (nSPS) is 17.2. The second-order valence-corrected chi connectivity index (χ2v) is 13.8. The van der Waals surface area contributed by atoms with E-state index < -0.39 is 36.3 Å². The van der Waals surface area contributed by atoms with Crippen LogP contribution in [0.2, 0.25) is 0 Å². The van der Waals surface area contributed by atoms with Gasteiger partial charge in [-0.05, 0) is 48.2 Å². The van der Waals surface area contributed by atoms with Gasteiger partial charge < -0.3 is 19.5 Å². The van der Waals surface area contributed by atoms with E-state index in [9.17, 15) is 19.8 Å². The van der Waals surface area contributed by atoms with Crippen molar-refractivity contribution in [3.63, 3.8) is 0 Å². The topological polar surface area (TPSA) is 179 Å². The van der Waals surface area contributed by atoms with Crippen molar-refractivity contribution in [2.75, 3.05) is 6.61 Å². The quantitative estimate of drug-likeness (QED) is 0.0905. The van der Waals surface area contributed by atoms with Gasteiger partial charge in [-0.3, -0.25) is 29.0 Å². The number of hydrogen-bond acceptors (Lipinski definition) is 10. The molecule has 280 valence electrons. The van der Waals surface area contributed by atoms with Gasteiger partial charge in [0.15, 0.2) is 0 Å². The molecule has 0 aliphatic carbocycles. The highest BCUT2D eigenvalue weighted by molar-refractivity contribution is 6.21. The second kappa shape index (κ2) is 14.9.